The molecule has 5 aliphatic rings. The van der Waals surface area contributed by atoms with Gasteiger partial charge in [-0.2, -0.15) is 0 Å². The molecule has 5 heteroatoms. The van der Waals surface area contributed by atoms with Crippen molar-refractivity contribution in [3.63, 3.8) is 0 Å². The lowest BCUT2D eigenvalue weighted by atomic mass is 9.57. The number of ether oxygens (including phenoxy) is 3. The van der Waals surface area contributed by atoms with Gasteiger partial charge in [-0.1, -0.05) is 18.6 Å². The maximum Gasteiger partial charge on any atom is 0.224 e. The van der Waals surface area contributed by atoms with Gasteiger partial charge in [-0.05, 0) is 19.3 Å². The molecule has 122 valence electrons. The molecule has 0 radical (unpaired) electrons. The first-order chi connectivity index (χ1) is 11.0. The molecule has 0 spiro atoms. The molecule has 1 saturated carbocycles. The van der Waals surface area contributed by atoms with Crippen LogP contribution in [0.25, 0.3) is 0 Å². The molecule has 5 rings (SSSR count). The Morgan fingerprint density at radius 3 is 2.70 bits per heavy atom. The highest BCUT2D eigenvalue weighted by atomic mass is 16.7. The number of methoxy groups -OCH3 is 2. The first kappa shape index (κ1) is 14.8. The SMILES string of the molecule is COC1=CC(=O)C2=C(C[C@@]3(C)C(=C2)[C@@H]2CC[C@H]3O[C@@H]2OC)C1=O. The first-order valence-corrected chi connectivity index (χ1v) is 7.97. The van der Waals surface area contributed by atoms with Crippen LogP contribution in [0.1, 0.15) is 26.2 Å². The smallest absolute Gasteiger partial charge is 0.224 e. The van der Waals surface area contributed by atoms with Crippen LogP contribution in [0, 0.1) is 11.3 Å². The number of fused-ring (bicyclic) bond motifs is 2. The van der Waals surface area contributed by atoms with Crippen LogP contribution in [-0.4, -0.2) is 38.2 Å². The first-order valence-electron chi connectivity index (χ1n) is 7.97. The highest BCUT2D eigenvalue weighted by Gasteiger charge is 2.56. The van der Waals surface area contributed by atoms with Gasteiger partial charge in [0, 0.05) is 35.7 Å². The van der Waals surface area contributed by atoms with E-state index in [1.807, 2.05) is 6.08 Å². The van der Waals surface area contributed by atoms with Crippen molar-refractivity contribution in [2.24, 2.45) is 11.3 Å². The second-order valence-corrected chi connectivity index (χ2v) is 6.90. The quantitative estimate of drug-likeness (QED) is 0.730. The van der Waals surface area contributed by atoms with E-state index in [-0.39, 0.29) is 41.1 Å². The second-order valence-electron chi connectivity index (χ2n) is 6.90. The molecule has 3 aliphatic carbocycles. The lowest BCUT2D eigenvalue weighted by Gasteiger charge is -2.56. The molecule has 0 amide bonds. The van der Waals surface area contributed by atoms with Crippen LogP contribution in [0.5, 0.6) is 0 Å². The number of carbonyl (C=O) groups is 2. The molecular weight excluding hydrogens is 296 g/mol. The maximum absolute atomic E-state index is 12.6. The van der Waals surface area contributed by atoms with Crippen LogP contribution in [0.4, 0.5) is 0 Å². The Labute approximate surface area is 135 Å². The Morgan fingerprint density at radius 2 is 2.00 bits per heavy atom. The minimum absolute atomic E-state index is 0.0116. The predicted molar refractivity (Wildman–Crippen MR) is 81.3 cm³/mol. The van der Waals surface area contributed by atoms with Crippen molar-refractivity contribution in [1.29, 1.82) is 0 Å². The van der Waals surface area contributed by atoms with E-state index in [1.54, 1.807) is 7.11 Å². The number of Topliss-reactive ketones (excluding diaryl/α,β-unsaturated/α-hetero) is 1. The molecule has 4 atom stereocenters. The fourth-order valence-electron chi connectivity index (χ4n) is 4.57. The predicted octanol–water partition coefficient (Wildman–Crippen LogP) is 2.08. The van der Waals surface area contributed by atoms with E-state index >= 15 is 0 Å². The molecule has 3 fully saturated rings. The Kier molecular flexibility index (Phi) is 3.15. The van der Waals surface area contributed by atoms with Crippen molar-refractivity contribution < 1.29 is 23.8 Å². The molecule has 5 nitrogen and oxygen atoms in total. The third-order valence-electron chi connectivity index (χ3n) is 5.78. The summed E-state index contributed by atoms with van der Waals surface area (Å²) in [5.74, 6) is -0.0451. The molecule has 2 saturated heterocycles. The van der Waals surface area contributed by atoms with Gasteiger partial charge in [0.2, 0.25) is 5.78 Å². The summed E-state index contributed by atoms with van der Waals surface area (Å²) in [7, 11) is 3.07. The van der Waals surface area contributed by atoms with E-state index in [4.69, 9.17) is 14.2 Å². The van der Waals surface area contributed by atoms with Crippen molar-refractivity contribution in [3.8, 4) is 0 Å². The molecule has 0 aromatic rings. The van der Waals surface area contributed by atoms with Gasteiger partial charge in [0.05, 0.1) is 13.2 Å². The topological polar surface area (TPSA) is 61.8 Å². The van der Waals surface area contributed by atoms with Crippen molar-refractivity contribution >= 4 is 11.6 Å². The van der Waals surface area contributed by atoms with Crippen molar-refractivity contribution in [2.45, 2.75) is 38.6 Å². The molecular formula is C18H20O5. The van der Waals surface area contributed by atoms with E-state index in [1.165, 1.54) is 18.8 Å². The molecule has 0 aromatic heterocycles. The molecule has 0 aromatic carbocycles. The zero-order valence-corrected chi connectivity index (χ0v) is 13.5. The molecule has 2 aliphatic heterocycles. The van der Waals surface area contributed by atoms with Gasteiger partial charge in [-0.3, -0.25) is 9.59 Å². The lowest BCUT2D eigenvalue weighted by molar-refractivity contribution is -0.251. The molecule has 2 heterocycles. The molecule has 0 N–H and O–H groups in total. The number of hydrogen-bond donors (Lipinski definition) is 0. The number of rotatable bonds is 2. The molecule has 0 unspecified atom stereocenters. The number of allylic oxidation sites excluding steroid dienone is 4. The number of carbonyl (C=O) groups excluding carboxylic acids is 2. The fraction of sp³-hybridized carbons (Fsp3) is 0.556. The summed E-state index contributed by atoms with van der Waals surface area (Å²) in [4.78, 5) is 25.0. The van der Waals surface area contributed by atoms with Crippen LogP contribution in [0.3, 0.4) is 0 Å². The Balaban J connectivity index is 1.82. The van der Waals surface area contributed by atoms with E-state index in [0.29, 0.717) is 17.6 Å². The van der Waals surface area contributed by atoms with Gasteiger partial charge in [0.15, 0.2) is 17.8 Å². The van der Waals surface area contributed by atoms with Crippen molar-refractivity contribution in [1.82, 2.24) is 0 Å². The van der Waals surface area contributed by atoms with Crippen LogP contribution >= 0.6 is 0 Å². The maximum atomic E-state index is 12.6. The van der Waals surface area contributed by atoms with Crippen molar-refractivity contribution in [2.75, 3.05) is 14.2 Å². The number of hydrogen-bond acceptors (Lipinski definition) is 5. The Bertz CT molecular complexity index is 698. The van der Waals surface area contributed by atoms with Gasteiger partial charge in [-0.25, -0.2) is 0 Å². The highest BCUT2D eigenvalue weighted by molar-refractivity contribution is 6.23. The van der Waals surface area contributed by atoms with E-state index in [0.717, 1.165) is 12.8 Å². The summed E-state index contributed by atoms with van der Waals surface area (Å²) in [6, 6.07) is 0. The summed E-state index contributed by atoms with van der Waals surface area (Å²) in [6.07, 6.45) is 5.45. The van der Waals surface area contributed by atoms with E-state index < -0.39 is 0 Å². The van der Waals surface area contributed by atoms with Crippen LogP contribution in [0.2, 0.25) is 0 Å². The molecule has 23 heavy (non-hydrogen) atoms. The summed E-state index contributed by atoms with van der Waals surface area (Å²) >= 11 is 0. The zero-order chi connectivity index (χ0) is 16.4. The highest BCUT2D eigenvalue weighted by Crippen LogP contribution is 2.57. The zero-order valence-electron chi connectivity index (χ0n) is 13.5. The van der Waals surface area contributed by atoms with Crippen LogP contribution < -0.4 is 0 Å². The van der Waals surface area contributed by atoms with Crippen molar-refractivity contribution in [3.05, 3.63) is 34.6 Å². The standard InChI is InChI=1S/C18H20O5/c1-18-8-11-10(13(19)7-14(21-2)16(11)20)6-12(18)9-4-5-15(18)23-17(9)22-3/h6-7,9,15,17H,4-5,8H2,1-3H3/t9-,15+,17-,18-/m0/s1. The van der Waals surface area contributed by atoms with Gasteiger partial charge in [0.1, 0.15) is 0 Å². The third kappa shape index (κ3) is 1.86. The summed E-state index contributed by atoms with van der Waals surface area (Å²) in [5, 5.41) is 0. The second kappa shape index (κ2) is 4.89. The summed E-state index contributed by atoms with van der Waals surface area (Å²) in [6.45, 7) is 2.13. The van der Waals surface area contributed by atoms with Gasteiger partial charge >= 0.3 is 0 Å². The normalized spacial score (nSPS) is 38.8. The molecule has 2 bridgehead atoms. The van der Waals surface area contributed by atoms with E-state index in [2.05, 4.69) is 6.92 Å². The van der Waals surface area contributed by atoms with Gasteiger partial charge in [0.25, 0.3) is 0 Å². The Hall–Kier alpha value is -1.72. The van der Waals surface area contributed by atoms with E-state index in [9.17, 15) is 9.59 Å². The fourth-order valence-corrected chi connectivity index (χ4v) is 4.57. The lowest BCUT2D eigenvalue weighted by Crippen LogP contribution is -2.55. The summed E-state index contributed by atoms with van der Waals surface area (Å²) < 4.78 is 16.6. The summed E-state index contributed by atoms with van der Waals surface area (Å²) in [5.41, 5.74) is 2.03. The average Bonchev–Trinajstić information content (AvgIpc) is 2.57. The minimum Gasteiger partial charge on any atom is -0.493 e. The van der Waals surface area contributed by atoms with Gasteiger partial charge < -0.3 is 14.2 Å². The minimum atomic E-state index is -0.255. The van der Waals surface area contributed by atoms with Gasteiger partial charge in [-0.15, -0.1) is 0 Å². The number of ketones is 2. The van der Waals surface area contributed by atoms with Crippen LogP contribution in [0.15, 0.2) is 34.6 Å². The monoisotopic (exact) mass is 316 g/mol. The van der Waals surface area contributed by atoms with Crippen LogP contribution in [-0.2, 0) is 23.8 Å². The third-order valence-corrected chi connectivity index (χ3v) is 5.78. The largest absolute Gasteiger partial charge is 0.493 e. The Morgan fingerprint density at radius 1 is 1.22 bits per heavy atom. The average molecular weight is 316 g/mol.